The molecule has 5 nitrogen and oxygen atoms in total. The fraction of sp³-hybridized carbons (Fsp3) is 0.500. The summed E-state index contributed by atoms with van der Waals surface area (Å²) in [5.41, 5.74) is -1.72. The van der Waals surface area contributed by atoms with Crippen LogP contribution in [0.25, 0.3) is 0 Å². The van der Waals surface area contributed by atoms with Crippen LogP contribution < -0.4 is 0 Å². The van der Waals surface area contributed by atoms with Crippen molar-refractivity contribution in [2.45, 2.75) is 19.0 Å². The number of alkyl halides is 3. The van der Waals surface area contributed by atoms with Gasteiger partial charge in [-0.25, -0.2) is 0 Å². The van der Waals surface area contributed by atoms with Crippen LogP contribution in [-0.4, -0.2) is 48.7 Å². The maximum atomic E-state index is 12.7. The summed E-state index contributed by atoms with van der Waals surface area (Å²) in [6.45, 7) is 0.219. The van der Waals surface area contributed by atoms with E-state index in [-0.39, 0.29) is 38.1 Å². The monoisotopic (exact) mass is 345 g/mol. The molecule has 0 radical (unpaired) electrons. The van der Waals surface area contributed by atoms with E-state index in [2.05, 4.69) is 0 Å². The third-order valence-electron chi connectivity index (χ3n) is 4.19. The van der Waals surface area contributed by atoms with E-state index in [9.17, 15) is 27.9 Å². The van der Waals surface area contributed by atoms with Gasteiger partial charge < -0.3 is 14.7 Å². The second-order valence-corrected chi connectivity index (χ2v) is 5.96. The van der Waals surface area contributed by atoms with Gasteiger partial charge in [-0.05, 0) is 18.1 Å². The third kappa shape index (κ3) is 3.87. The molecule has 1 aromatic carbocycles. The Bertz CT molecular complexity index is 632. The third-order valence-corrected chi connectivity index (χ3v) is 4.19. The minimum Gasteiger partial charge on any atom is -0.481 e. The summed E-state index contributed by atoms with van der Waals surface area (Å²) in [6, 6.07) is 4.58. The number of carboxylic acids is 1. The van der Waals surface area contributed by atoms with Gasteiger partial charge in [0.25, 0.3) is 0 Å². The van der Waals surface area contributed by atoms with Crippen molar-refractivity contribution in [2.75, 3.05) is 26.8 Å². The molecule has 1 aliphatic rings. The standard InChI is InChI=1S/C16H18F3NO4/c1-24-10-15(14(22)23)5-6-20(9-15)13(21)8-11-3-2-4-12(7-11)16(17,18)19/h2-4,7H,5-6,8-10H2,1H3,(H,22,23). The lowest BCUT2D eigenvalue weighted by molar-refractivity contribution is -0.151. The van der Waals surface area contributed by atoms with E-state index in [0.29, 0.717) is 0 Å². The van der Waals surface area contributed by atoms with Crippen molar-refractivity contribution in [2.24, 2.45) is 5.41 Å². The molecule has 0 spiro atoms. The highest BCUT2D eigenvalue weighted by atomic mass is 19.4. The van der Waals surface area contributed by atoms with Crippen molar-refractivity contribution in [3.05, 3.63) is 35.4 Å². The average molecular weight is 345 g/mol. The molecular formula is C16H18F3NO4. The van der Waals surface area contributed by atoms with Gasteiger partial charge in [0.2, 0.25) is 5.91 Å². The number of nitrogens with zero attached hydrogens (tertiary/aromatic N) is 1. The molecule has 1 N–H and O–H groups in total. The van der Waals surface area contributed by atoms with Crippen molar-refractivity contribution in [3.8, 4) is 0 Å². The summed E-state index contributed by atoms with van der Waals surface area (Å²) >= 11 is 0. The quantitative estimate of drug-likeness (QED) is 0.888. The molecule has 0 saturated carbocycles. The topological polar surface area (TPSA) is 66.8 Å². The van der Waals surface area contributed by atoms with Crippen molar-refractivity contribution in [1.29, 1.82) is 0 Å². The zero-order valence-corrected chi connectivity index (χ0v) is 13.1. The number of hydrogen-bond donors (Lipinski definition) is 1. The van der Waals surface area contributed by atoms with Crippen LogP contribution in [0.5, 0.6) is 0 Å². The number of methoxy groups -OCH3 is 1. The summed E-state index contributed by atoms with van der Waals surface area (Å²) < 4.78 is 43.1. The molecule has 1 aliphatic heterocycles. The molecule has 2 rings (SSSR count). The summed E-state index contributed by atoms with van der Waals surface area (Å²) in [4.78, 5) is 25.1. The lowest BCUT2D eigenvalue weighted by atomic mass is 9.88. The van der Waals surface area contributed by atoms with E-state index in [1.165, 1.54) is 24.1 Å². The van der Waals surface area contributed by atoms with Crippen LogP contribution in [-0.2, 0) is 26.9 Å². The van der Waals surface area contributed by atoms with Gasteiger partial charge >= 0.3 is 12.1 Å². The summed E-state index contributed by atoms with van der Waals surface area (Å²) in [5, 5.41) is 9.37. The average Bonchev–Trinajstić information content (AvgIpc) is 2.93. The second-order valence-electron chi connectivity index (χ2n) is 5.96. The second kappa shape index (κ2) is 6.80. The minimum absolute atomic E-state index is 0.00598. The van der Waals surface area contributed by atoms with Gasteiger partial charge in [-0.15, -0.1) is 0 Å². The number of rotatable bonds is 5. The van der Waals surface area contributed by atoms with Gasteiger partial charge in [0, 0.05) is 20.2 Å². The highest BCUT2D eigenvalue weighted by molar-refractivity contribution is 5.82. The molecule has 1 fully saturated rings. The van der Waals surface area contributed by atoms with E-state index in [0.717, 1.165) is 12.1 Å². The number of halogens is 3. The van der Waals surface area contributed by atoms with Gasteiger partial charge in [-0.1, -0.05) is 18.2 Å². The first kappa shape index (κ1) is 18.3. The number of benzene rings is 1. The van der Waals surface area contributed by atoms with Crippen LogP contribution in [0.4, 0.5) is 13.2 Å². The number of likely N-dealkylation sites (tertiary alicyclic amines) is 1. The van der Waals surface area contributed by atoms with Gasteiger partial charge in [0.05, 0.1) is 18.6 Å². The van der Waals surface area contributed by atoms with Crippen LogP contribution in [0.3, 0.4) is 0 Å². The smallest absolute Gasteiger partial charge is 0.416 e. The fourth-order valence-electron chi connectivity index (χ4n) is 2.86. The van der Waals surface area contributed by atoms with Crippen LogP contribution >= 0.6 is 0 Å². The molecule has 8 heteroatoms. The Labute approximate surface area is 137 Å². The highest BCUT2D eigenvalue weighted by Crippen LogP contribution is 2.32. The number of carboxylic acid groups (broad SMARTS) is 1. The molecule has 0 aliphatic carbocycles. The first-order chi connectivity index (χ1) is 11.2. The Morgan fingerprint density at radius 1 is 1.38 bits per heavy atom. The predicted octanol–water partition coefficient (Wildman–Crippen LogP) is 2.20. The summed E-state index contributed by atoms with van der Waals surface area (Å²) in [7, 11) is 1.39. The first-order valence-corrected chi connectivity index (χ1v) is 7.34. The normalized spacial score (nSPS) is 21.1. The molecule has 1 aromatic rings. The molecule has 1 heterocycles. The van der Waals surface area contributed by atoms with Crippen molar-refractivity contribution < 1.29 is 32.6 Å². The molecule has 0 bridgehead atoms. The van der Waals surface area contributed by atoms with Gasteiger partial charge in [-0.3, -0.25) is 9.59 Å². The van der Waals surface area contributed by atoms with Crippen molar-refractivity contribution in [1.82, 2.24) is 4.90 Å². The zero-order chi connectivity index (χ0) is 18.0. The largest absolute Gasteiger partial charge is 0.481 e. The summed E-state index contributed by atoms with van der Waals surface area (Å²) in [5.74, 6) is -1.44. The van der Waals surface area contributed by atoms with E-state index >= 15 is 0 Å². The van der Waals surface area contributed by atoms with E-state index in [1.807, 2.05) is 0 Å². The molecule has 1 amide bonds. The Hall–Kier alpha value is -2.09. The van der Waals surface area contributed by atoms with Gasteiger partial charge in [0.15, 0.2) is 0 Å². The number of ether oxygens (including phenoxy) is 1. The van der Waals surface area contributed by atoms with Crippen molar-refractivity contribution >= 4 is 11.9 Å². The zero-order valence-electron chi connectivity index (χ0n) is 13.1. The van der Waals surface area contributed by atoms with Crippen LogP contribution in [0.2, 0.25) is 0 Å². The maximum absolute atomic E-state index is 12.7. The predicted molar refractivity (Wildman–Crippen MR) is 78.3 cm³/mol. The number of carbonyl (C=O) groups is 2. The number of hydrogen-bond acceptors (Lipinski definition) is 3. The van der Waals surface area contributed by atoms with Crippen LogP contribution in [0.1, 0.15) is 17.5 Å². The van der Waals surface area contributed by atoms with Crippen molar-refractivity contribution in [3.63, 3.8) is 0 Å². The highest BCUT2D eigenvalue weighted by Gasteiger charge is 2.46. The molecule has 132 valence electrons. The van der Waals surface area contributed by atoms with Crippen LogP contribution in [0, 0.1) is 5.41 Å². The maximum Gasteiger partial charge on any atom is 0.416 e. The number of amides is 1. The van der Waals surface area contributed by atoms with E-state index in [4.69, 9.17) is 4.74 Å². The van der Waals surface area contributed by atoms with Gasteiger partial charge in [-0.2, -0.15) is 13.2 Å². The molecule has 1 atom stereocenters. The Morgan fingerprint density at radius 2 is 2.08 bits per heavy atom. The number of carbonyl (C=O) groups excluding carboxylic acids is 1. The number of aliphatic carboxylic acids is 1. The van der Waals surface area contributed by atoms with Gasteiger partial charge in [0.1, 0.15) is 5.41 Å². The first-order valence-electron chi connectivity index (χ1n) is 7.34. The molecule has 24 heavy (non-hydrogen) atoms. The summed E-state index contributed by atoms with van der Waals surface area (Å²) in [6.07, 6.45) is -4.42. The lowest BCUT2D eigenvalue weighted by Crippen LogP contribution is -2.40. The minimum atomic E-state index is -4.47. The fourth-order valence-corrected chi connectivity index (χ4v) is 2.86. The Morgan fingerprint density at radius 3 is 2.67 bits per heavy atom. The molecule has 1 saturated heterocycles. The molecule has 1 unspecified atom stereocenters. The van der Waals surface area contributed by atoms with Crippen LogP contribution in [0.15, 0.2) is 24.3 Å². The lowest BCUT2D eigenvalue weighted by Gasteiger charge is -2.23. The Kier molecular flexibility index (Phi) is 5.17. The SMILES string of the molecule is COCC1(C(=O)O)CCN(C(=O)Cc2cccc(C(F)(F)F)c2)C1. The molecular weight excluding hydrogens is 327 g/mol. The Balaban J connectivity index is 2.08. The van der Waals surface area contributed by atoms with E-state index < -0.39 is 29.0 Å². The van der Waals surface area contributed by atoms with E-state index in [1.54, 1.807) is 0 Å². The molecule has 0 aromatic heterocycles.